The van der Waals surface area contributed by atoms with Crippen LogP contribution in [0.15, 0.2) is 18.3 Å². The fourth-order valence-electron chi connectivity index (χ4n) is 1.08. The molecule has 0 atom stereocenters. The van der Waals surface area contributed by atoms with Crippen molar-refractivity contribution in [1.82, 2.24) is 9.71 Å². The molecule has 2 rings (SSSR count). The molecule has 0 saturated heterocycles. The van der Waals surface area contributed by atoms with Gasteiger partial charge in [0, 0.05) is 12.2 Å². The van der Waals surface area contributed by atoms with Gasteiger partial charge in [0.25, 0.3) is 0 Å². The average molecular weight is 228 g/mol. The van der Waals surface area contributed by atoms with Gasteiger partial charge >= 0.3 is 10.2 Å². The summed E-state index contributed by atoms with van der Waals surface area (Å²) in [7, 11) is -3.54. The summed E-state index contributed by atoms with van der Waals surface area (Å²) < 4.78 is 27.7. The van der Waals surface area contributed by atoms with Crippen LogP contribution in [0.2, 0.25) is 0 Å². The molecule has 6 nitrogen and oxygen atoms in total. The molecule has 1 heterocycles. The molecular weight excluding hydrogens is 216 g/mol. The molecule has 0 amide bonds. The molecule has 1 saturated carbocycles. The standard InChI is InChI=1S/C8H12N4O2S/c9-7-2-1-5-10-8(7)12-15(13,14)11-6-3-4-6/h1-2,5-6,11H,3-4,9H2,(H,10,12). The predicted molar refractivity (Wildman–Crippen MR) is 57.3 cm³/mol. The van der Waals surface area contributed by atoms with Gasteiger partial charge in [-0.1, -0.05) is 0 Å². The molecule has 0 unspecified atom stereocenters. The molecule has 4 N–H and O–H groups in total. The lowest BCUT2D eigenvalue weighted by molar-refractivity contribution is 0.586. The maximum atomic E-state index is 11.5. The first-order chi connectivity index (χ1) is 7.07. The second kappa shape index (κ2) is 3.67. The van der Waals surface area contributed by atoms with Crippen molar-refractivity contribution in [2.75, 3.05) is 10.5 Å². The number of rotatable bonds is 4. The van der Waals surface area contributed by atoms with Crippen LogP contribution in [-0.4, -0.2) is 19.4 Å². The van der Waals surface area contributed by atoms with Crippen LogP contribution in [0.5, 0.6) is 0 Å². The summed E-state index contributed by atoms with van der Waals surface area (Å²) in [6, 6.07) is 3.29. The topological polar surface area (TPSA) is 97.1 Å². The second-order valence-electron chi connectivity index (χ2n) is 3.44. The molecule has 82 valence electrons. The van der Waals surface area contributed by atoms with Crippen molar-refractivity contribution in [3.8, 4) is 0 Å². The summed E-state index contributed by atoms with van der Waals surface area (Å²) in [6.45, 7) is 0. The predicted octanol–water partition coefficient (Wildman–Crippen LogP) is 0.0725. The first-order valence-electron chi connectivity index (χ1n) is 4.57. The summed E-state index contributed by atoms with van der Waals surface area (Å²) in [5, 5.41) is 0. The number of aromatic nitrogens is 1. The van der Waals surface area contributed by atoms with Gasteiger partial charge in [-0.2, -0.15) is 13.1 Å². The summed E-state index contributed by atoms with van der Waals surface area (Å²) in [4.78, 5) is 3.84. The number of hydrogen-bond acceptors (Lipinski definition) is 4. The number of nitrogen functional groups attached to an aromatic ring is 1. The van der Waals surface area contributed by atoms with Gasteiger partial charge in [0.15, 0.2) is 5.82 Å². The van der Waals surface area contributed by atoms with Crippen LogP contribution < -0.4 is 15.2 Å². The molecular formula is C8H12N4O2S. The van der Waals surface area contributed by atoms with Gasteiger partial charge in [-0.15, -0.1) is 0 Å². The molecule has 7 heteroatoms. The number of nitrogens with one attached hydrogen (secondary N) is 2. The summed E-state index contributed by atoms with van der Waals surface area (Å²) in [6.07, 6.45) is 3.25. The van der Waals surface area contributed by atoms with Gasteiger partial charge in [0.05, 0.1) is 5.69 Å². The summed E-state index contributed by atoms with van der Waals surface area (Å²) in [5.41, 5.74) is 5.86. The molecule has 1 aliphatic rings. The Morgan fingerprint density at radius 3 is 2.80 bits per heavy atom. The van der Waals surface area contributed by atoms with Crippen LogP contribution in [-0.2, 0) is 10.2 Å². The minimum Gasteiger partial charge on any atom is -0.396 e. The lowest BCUT2D eigenvalue weighted by Crippen LogP contribution is -2.32. The van der Waals surface area contributed by atoms with Crippen LogP contribution in [0, 0.1) is 0 Å². The fraction of sp³-hybridized carbons (Fsp3) is 0.375. The van der Waals surface area contributed by atoms with Gasteiger partial charge < -0.3 is 5.73 Å². The highest BCUT2D eigenvalue weighted by Gasteiger charge is 2.27. The normalized spacial score (nSPS) is 16.3. The lowest BCUT2D eigenvalue weighted by atomic mass is 10.4. The first-order valence-corrected chi connectivity index (χ1v) is 6.06. The van der Waals surface area contributed by atoms with E-state index in [0.29, 0.717) is 5.69 Å². The highest BCUT2D eigenvalue weighted by atomic mass is 32.2. The Hall–Kier alpha value is -1.34. The molecule has 1 aromatic rings. The highest BCUT2D eigenvalue weighted by molar-refractivity contribution is 7.90. The molecule has 0 spiro atoms. The van der Waals surface area contributed by atoms with Crippen molar-refractivity contribution in [3.63, 3.8) is 0 Å². The van der Waals surface area contributed by atoms with Crippen molar-refractivity contribution in [2.24, 2.45) is 0 Å². The highest BCUT2D eigenvalue weighted by Crippen LogP contribution is 2.21. The third-order valence-corrected chi connectivity index (χ3v) is 3.07. The Labute approximate surface area is 88.1 Å². The van der Waals surface area contributed by atoms with Crippen molar-refractivity contribution >= 4 is 21.7 Å². The van der Waals surface area contributed by atoms with Crippen molar-refractivity contribution in [3.05, 3.63) is 18.3 Å². The third kappa shape index (κ3) is 2.80. The Morgan fingerprint density at radius 1 is 1.47 bits per heavy atom. The summed E-state index contributed by atoms with van der Waals surface area (Å²) in [5.74, 6) is 0.158. The van der Waals surface area contributed by atoms with Crippen LogP contribution in [0.1, 0.15) is 12.8 Å². The average Bonchev–Trinajstić information content (AvgIpc) is 2.91. The Balaban J connectivity index is 2.10. The van der Waals surface area contributed by atoms with Crippen molar-refractivity contribution < 1.29 is 8.42 Å². The van der Waals surface area contributed by atoms with Gasteiger partial charge in [-0.3, -0.25) is 4.72 Å². The van der Waals surface area contributed by atoms with Crippen molar-refractivity contribution in [1.29, 1.82) is 0 Å². The van der Waals surface area contributed by atoms with Crippen LogP contribution >= 0.6 is 0 Å². The molecule has 1 aliphatic carbocycles. The van der Waals surface area contributed by atoms with Crippen LogP contribution in [0.25, 0.3) is 0 Å². The minimum atomic E-state index is -3.54. The molecule has 15 heavy (non-hydrogen) atoms. The number of nitrogens with zero attached hydrogens (tertiary/aromatic N) is 1. The van der Waals surface area contributed by atoms with E-state index in [4.69, 9.17) is 5.73 Å². The maximum Gasteiger partial charge on any atom is 0.300 e. The van der Waals surface area contributed by atoms with E-state index in [-0.39, 0.29) is 11.9 Å². The Kier molecular flexibility index (Phi) is 2.49. The van der Waals surface area contributed by atoms with Gasteiger partial charge in [-0.05, 0) is 25.0 Å². The first kappa shape index (κ1) is 10.2. The van der Waals surface area contributed by atoms with Gasteiger partial charge in [0.2, 0.25) is 0 Å². The van der Waals surface area contributed by atoms with Crippen LogP contribution in [0.4, 0.5) is 11.5 Å². The quantitative estimate of drug-likeness (QED) is 0.679. The smallest absolute Gasteiger partial charge is 0.300 e. The van der Waals surface area contributed by atoms with Crippen molar-refractivity contribution in [2.45, 2.75) is 18.9 Å². The SMILES string of the molecule is Nc1cccnc1NS(=O)(=O)NC1CC1. The lowest BCUT2D eigenvalue weighted by Gasteiger charge is -2.08. The van der Waals surface area contributed by atoms with Crippen LogP contribution in [0.3, 0.4) is 0 Å². The number of pyridine rings is 1. The third-order valence-electron chi connectivity index (χ3n) is 1.97. The number of hydrogen-bond donors (Lipinski definition) is 3. The maximum absolute atomic E-state index is 11.5. The molecule has 0 radical (unpaired) electrons. The Morgan fingerprint density at radius 2 is 2.20 bits per heavy atom. The zero-order chi connectivity index (χ0) is 10.9. The number of anilines is 2. The van der Waals surface area contributed by atoms with E-state index in [9.17, 15) is 8.42 Å². The Bertz CT molecular complexity index is 455. The van der Waals surface area contributed by atoms with Gasteiger partial charge in [0.1, 0.15) is 0 Å². The fourth-order valence-corrected chi connectivity index (χ4v) is 2.24. The van der Waals surface area contributed by atoms with E-state index < -0.39 is 10.2 Å². The van der Waals surface area contributed by atoms with E-state index in [1.54, 1.807) is 12.1 Å². The number of nitrogens with two attached hydrogens (primary N) is 1. The molecule has 0 aromatic carbocycles. The van der Waals surface area contributed by atoms with E-state index in [0.717, 1.165) is 12.8 Å². The molecule has 1 aromatic heterocycles. The van der Waals surface area contributed by atoms with E-state index in [1.165, 1.54) is 6.20 Å². The second-order valence-corrected chi connectivity index (χ2v) is 4.89. The monoisotopic (exact) mass is 228 g/mol. The van der Waals surface area contributed by atoms with Gasteiger partial charge in [-0.25, -0.2) is 4.98 Å². The summed E-state index contributed by atoms with van der Waals surface area (Å²) >= 11 is 0. The minimum absolute atomic E-state index is 0.0624. The zero-order valence-corrected chi connectivity index (χ0v) is 8.79. The molecule has 0 aliphatic heterocycles. The molecule has 1 fully saturated rings. The van der Waals surface area contributed by atoms with E-state index >= 15 is 0 Å². The van der Waals surface area contributed by atoms with E-state index in [1.807, 2.05) is 0 Å². The van der Waals surface area contributed by atoms with E-state index in [2.05, 4.69) is 14.4 Å². The largest absolute Gasteiger partial charge is 0.396 e. The molecule has 0 bridgehead atoms. The zero-order valence-electron chi connectivity index (χ0n) is 7.97.